The highest BCUT2D eigenvalue weighted by Crippen LogP contribution is 2.33. The molecule has 0 aliphatic heterocycles. The Balaban J connectivity index is 2.04. The second-order valence-electron chi connectivity index (χ2n) is 6.27. The van der Waals surface area contributed by atoms with E-state index in [1.807, 2.05) is 30.3 Å². The molecule has 19 heavy (non-hydrogen) atoms. The van der Waals surface area contributed by atoms with Gasteiger partial charge in [-0.15, -0.1) is 0 Å². The molecule has 3 atom stereocenters. The zero-order chi connectivity index (χ0) is 13.8. The second-order valence-corrected chi connectivity index (χ2v) is 6.27. The molecule has 0 bridgehead atoms. The predicted molar refractivity (Wildman–Crippen MR) is 79.0 cm³/mol. The number of nitrogens with one attached hydrogen (secondary N) is 1. The SMILES string of the molecule is CC(C)[C@H]1CC[C@@H](C)C[C@@H]1NC(=O)c1ccccc1. The minimum atomic E-state index is 0.0744. The first-order valence-electron chi connectivity index (χ1n) is 7.44. The molecule has 1 saturated carbocycles. The fourth-order valence-corrected chi connectivity index (χ4v) is 3.21. The Morgan fingerprint density at radius 1 is 1.21 bits per heavy atom. The number of hydrogen-bond donors (Lipinski definition) is 1. The number of rotatable bonds is 3. The zero-order valence-corrected chi connectivity index (χ0v) is 12.2. The van der Waals surface area contributed by atoms with Crippen LogP contribution < -0.4 is 5.32 Å². The smallest absolute Gasteiger partial charge is 0.251 e. The summed E-state index contributed by atoms with van der Waals surface area (Å²) in [5, 5.41) is 3.26. The molecule has 1 N–H and O–H groups in total. The Hall–Kier alpha value is -1.31. The fraction of sp³-hybridized carbons (Fsp3) is 0.588. The summed E-state index contributed by atoms with van der Waals surface area (Å²) in [6.07, 6.45) is 3.64. The van der Waals surface area contributed by atoms with Crippen LogP contribution in [0.5, 0.6) is 0 Å². The number of carbonyl (C=O) groups is 1. The lowest BCUT2D eigenvalue weighted by Crippen LogP contribution is -2.45. The van der Waals surface area contributed by atoms with Crippen molar-refractivity contribution in [1.82, 2.24) is 5.32 Å². The molecule has 0 spiro atoms. The molecule has 1 aliphatic rings. The quantitative estimate of drug-likeness (QED) is 0.877. The lowest BCUT2D eigenvalue weighted by molar-refractivity contribution is 0.0868. The van der Waals surface area contributed by atoms with Crippen LogP contribution in [0.25, 0.3) is 0 Å². The minimum absolute atomic E-state index is 0.0744. The van der Waals surface area contributed by atoms with Gasteiger partial charge >= 0.3 is 0 Å². The van der Waals surface area contributed by atoms with E-state index in [-0.39, 0.29) is 5.91 Å². The molecule has 1 aromatic carbocycles. The highest BCUT2D eigenvalue weighted by Gasteiger charge is 2.31. The van der Waals surface area contributed by atoms with E-state index in [0.717, 1.165) is 17.9 Å². The summed E-state index contributed by atoms with van der Waals surface area (Å²) in [7, 11) is 0. The molecule has 1 fully saturated rings. The highest BCUT2D eigenvalue weighted by molar-refractivity contribution is 5.94. The Kier molecular flexibility index (Phi) is 4.62. The van der Waals surface area contributed by atoms with Crippen molar-refractivity contribution in [3.05, 3.63) is 35.9 Å². The van der Waals surface area contributed by atoms with Crippen LogP contribution in [0.2, 0.25) is 0 Å². The molecule has 0 saturated heterocycles. The van der Waals surface area contributed by atoms with Crippen LogP contribution in [-0.4, -0.2) is 11.9 Å². The fourth-order valence-electron chi connectivity index (χ4n) is 3.21. The third-order valence-electron chi connectivity index (χ3n) is 4.37. The molecule has 1 amide bonds. The maximum absolute atomic E-state index is 12.3. The van der Waals surface area contributed by atoms with E-state index in [1.165, 1.54) is 12.8 Å². The van der Waals surface area contributed by atoms with Gasteiger partial charge in [0.1, 0.15) is 0 Å². The molecule has 0 unspecified atom stereocenters. The monoisotopic (exact) mass is 259 g/mol. The van der Waals surface area contributed by atoms with Crippen LogP contribution in [0.15, 0.2) is 30.3 Å². The van der Waals surface area contributed by atoms with Gasteiger partial charge in [0.05, 0.1) is 0 Å². The van der Waals surface area contributed by atoms with Gasteiger partial charge in [-0.2, -0.15) is 0 Å². The summed E-state index contributed by atoms with van der Waals surface area (Å²) in [5.41, 5.74) is 0.767. The van der Waals surface area contributed by atoms with E-state index in [1.54, 1.807) is 0 Å². The van der Waals surface area contributed by atoms with Crippen LogP contribution >= 0.6 is 0 Å². The van der Waals surface area contributed by atoms with Crippen molar-refractivity contribution in [3.63, 3.8) is 0 Å². The summed E-state index contributed by atoms with van der Waals surface area (Å²) < 4.78 is 0. The Labute approximate surface area is 116 Å². The molecule has 2 nitrogen and oxygen atoms in total. The molecule has 0 heterocycles. The van der Waals surface area contributed by atoms with Crippen LogP contribution in [0.1, 0.15) is 50.4 Å². The molecule has 0 aromatic heterocycles. The van der Waals surface area contributed by atoms with Crippen molar-refractivity contribution in [1.29, 1.82) is 0 Å². The second kappa shape index (κ2) is 6.23. The van der Waals surface area contributed by atoms with E-state index in [2.05, 4.69) is 26.1 Å². The number of amides is 1. The summed E-state index contributed by atoms with van der Waals surface area (Å²) in [5.74, 6) is 2.04. The number of hydrogen-bond acceptors (Lipinski definition) is 1. The first-order valence-corrected chi connectivity index (χ1v) is 7.44. The molecule has 0 radical (unpaired) electrons. The number of carbonyl (C=O) groups excluding carboxylic acids is 1. The summed E-state index contributed by atoms with van der Waals surface area (Å²) in [6.45, 7) is 6.82. The van der Waals surface area contributed by atoms with Crippen molar-refractivity contribution >= 4 is 5.91 Å². The first-order chi connectivity index (χ1) is 9.08. The van der Waals surface area contributed by atoms with Crippen molar-refractivity contribution in [2.75, 3.05) is 0 Å². The molecule has 1 aliphatic carbocycles. The van der Waals surface area contributed by atoms with E-state index in [9.17, 15) is 4.79 Å². The maximum atomic E-state index is 12.3. The van der Waals surface area contributed by atoms with Crippen molar-refractivity contribution in [2.24, 2.45) is 17.8 Å². The van der Waals surface area contributed by atoms with Crippen LogP contribution in [0.4, 0.5) is 0 Å². The Morgan fingerprint density at radius 3 is 2.53 bits per heavy atom. The largest absolute Gasteiger partial charge is 0.349 e. The topological polar surface area (TPSA) is 29.1 Å². The van der Waals surface area contributed by atoms with Gasteiger partial charge in [0.2, 0.25) is 0 Å². The van der Waals surface area contributed by atoms with E-state index < -0.39 is 0 Å². The van der Waals surface area contributed by atoms with Gasteiger partial charge in [0, 0.05) is 11.6 Å². The van der Waals surface area contributed by atoms with Gasteiger partial charge in [0.15, 0.2) is 0 Å². The average molecular weight is 259 g/mol. The van der Waals surface area contributed by atoms with Gasteiger partial charge in [-0.25, -0.2) is 0 Å². The minimum Gasteiger partial charge on any atom is -0.349 e. The molecule has 104 valence electrons. The van der Waals surface area contributed by atoms with Crippen molar-refractivity contribution in [3.8, 4) is 0 Å². The highest BCUT2D eigenvalue weighted by atomic mass is 16.1. The van der Waals surface area contributed by atoms with E-state index in [0.29, 0.717) is 17.9 Å². The summed E-state index contributed by atoms with van der Waals surface area (Å²) >= 11 is 0. The van der Waals surface area contributed by atoms with E-state index in [4.69, 9.17) is 0 Å². The lowest BCUT2D eigenvalue weighted by Gasteiger charge is -2.37. The van der Waals surface area contributed by atoms with Gasteiger partial charge in [0.25, 0.3) is 5.91 Å². The standard InChI is InChI=1S/C17H25NO/c1-12(2)15-10-9-13(3)11-16(15)18-17(19)14-7-5-4-6-8-14/h4-8,12-13,15-16H,9-11H2,1-3H3,(H,18,19)/t13-,15-,16+/m1/s1. The normalized spacial score (nSPS) is 27.3. The summed E-state index contributed by atoms with van der Waals surface area (Å²) in [6, 6.07) is 9.86. The van der Waals surface area contributed by atoms with Crippen molar-refractivity contribution in [2.45, 2.75) is 46.1 Å². The van der Waals surface area contributed by atoms with Gasteiger partial charge in [-0.1, -0.05) is 45.4 Å². The molecular weight excluding hydrogens is 234 g/mol. The van der Waals surface area contributed by atoms with Crippen LogP contribution in [0, 0.1) is 17.8 Å². The predicted octanol–water partition coefficient (Wildman–Crippen LogP) is 3.88. The Morgan fingerprint density at radius 2 is 1.89 bits per heavy atom. The van der Waals surface area contributed by atoms with Crippen LogP contribution in [-0.2, 0) is 0 Å². The molecule has 2 rings (SSSR count). The lowest BCUT2D eigenvalue weighted by atomic mass is 9.74. The molecule has 1 aromatic rings. The first kappa shape index (κ1) is 14.1. The van der Waals surface area contributed by atoms with Gasteiger partial charge in [-0.3, -0.25) is 4.79 Å². The maximum Gasteiger partial charge on any atom is 0.251 e. The van der Waals surface area contributed by atoms with E-state index >= 15 is 0 Å². The molecular formula is C17H25NO. The zero-order valence-electron chi connectivity index (χ0n) is 12.2. The number of benzene rings is 1. The Bertz CT molecular complexity index is 413. The average Bonchev–Trinajstić information content (AvgIpc) is 2.39. The summed E-state index contributed by atoms with van der Waals surface area (Å²) in [4.78, 5) is 12.3. The van der Waals surface area contributed by atoms with Gasteiger partial charge < -0.3 is 5.32 Å². The molecule has 2 heteroatoms. The van der Waals surface area contributed by atoms with Crippen molar-refractivity contribution < 1.29 is 4.79 Å². The third-order valence-corrected chi connectivity index (χ3v) is 4.37. The van der Waals surface area contributed by atoms with Crippen LogP contribution in [0.3, 0.4) is 0 Å². The van der Waals surface area contributed by atoms with Gasteiger partial charge in [-0.05, 0) is 42.7 Å². The third kappa shape index (κ3) is 3.59.